The molecule has 12 nitrogen and oxygen atoms in total. The van der Waals surface area contributed by atoms with E-state index in [1.807, 2.05) is 0 Å². The van der Waals surface area contributed by atoms with Gasteiger partial charge in [-0.05, 0) is 6.07 Å². The van der Waals surface area contributed by atoms with Crippen LogP contribution in [0.5, 0.6) is 5.75 Å². The third-order valence-corrected chi connectivity index (χ3v) is 3.44. The van der Waals surface area contributed by atoms with E-state index in [1.54, 1.807) is 0 Å². The van der Waals surface area contributed by atoms with Gasteiger partial charge in [-0.1, -0.05) is 0 Å². The van der Waals surface area contributed by atoms with Gasteiger partial charge in [-0.15, -0.1) is 0 Å². The summed E-state index contributed by atoms with van der Waals surface area (Å²) in [6.45, 7) is -0.675. The predicted molar refractivity (Wildman–Crippen MR) is 74.1 cm³/mol. The van der Waals surface area contributed by atoms with Gasteiger partial charge < -0.3 is 29.9 Å². The Bertz CT molecular complexity index is 636. The lowest BCUT2D eigenvalue weighted by atomic mass is 9.99. The molecular weight excluding hydrogens is 332 g/mol. The van der Waals surface area contributed by atoms with Gasteiger partial charge in [0.2, 0.25) is 6.29 Å². The van der Waals surface area contributed by atoms with Crippen molar-refractivity contribution in [3.8, 4) is 5.75 Å². The number of rotatable bonds is 5. The van der Waals surface area contributed by atoms with Crippen molar-refractivity contribution < 1.29 is 39.7 Å². The summed E-state index contributed by atoms with van der Waals surface area (Å²) in [5.74, 6) is -0.239. The summed E-state index contributed by atoms with van der Waals surface area (Å²) < 4.78 is 10.2. The summed E-state index contributed by atoms with van der Waals surface area (Å²) in [6.07, 6.45) is -7.76. The molecule has 1 fully saturated rings. The van der Waals surface area contributed by atoms with Crippen LogP contribution in [0.15, 0.2) is 18.2 Å². The highest BCUT2D eigenvalue weighted by atomic mass is 16.7. The van der Waals surface area contributed by atoms with Gasteiger partial charge in [-0.2, -0.15) is 0 Å². The zero-order valence-electron chi connectivity index (χ0n) is 12.0. The molecule has 1 aromatic carbocycles. The van der Waals surface area contributed by atoms with Crippen molar-refractivity contribution in [1.29, 1.82) is 0 Å². The van der Waals surface area contributed by atoms with Crippen molar-refractivity contribution in [2.75, 3.05) is 6.61 Å². The largest absolute Gasteiger partial charge is 0.462 e. The van der Waals surface area contributed by atoms with Crippen LogP contribution in [-0.2, 0) is 4.74 Å². The molecule has 2 rings (SSSR count). The minimum atomic E-state index is -1.71. The van der Waals surface area contributed by atoms with E-state index in [4.69, 9.17) is 14.6 Å². The van der Waals surface area contributed by atoms with Crippen LogP contribution in [-0.4, -0.2) is 67.6 Å². The van der Waals surface area contributed by atoms with E-state index in [1.165, 1.54) is 0 Å². The van der Waals surface area contributed by atoms with Gasteiger partial charge in [-0.25, -0.2) is 0 Å². The van der Waals surface area contributed by atoms with Gasteiger partial charge in [0.25, 0.3) is 0 Å². The summed E-state index contributed by atoms with van der Waals surface area (Å²) in [4.78, 5) is 19.7. The van der Waals surface area contributed by atoms with E-state index < -0.39 is 58.5 Å². The Morgan fingerprint density at radius 3 is 2.21 bits per heavy atom. The third-order valence-electron chi connectivity index (χ3n) is 3.44. The van der Waals surface area contributed by atoms with E-state index in [0.29, 0.717) is 0 Å². The summed E-state index contributed by atoms with van der Waals surface area (Å²) in [7, 11) is 0. The highest BCUT2D eigenvalue weighted by Crippen LogP contribution is 2.32. The molecule has 1 aromatic rings. The fraction of sp³-hybridized carbons (Fsp3) is 0.500. The van der Waals surface area contributed by atoms with Gasteiger partial charge in [0.1, 0.15) is 30.2 Å². The number of hydrogen-bond donors (Lipinski definition) is 4. The molecule has 0 aromatic heterocycles. The van der Waals surface area contributed by atoms with Crippen molar-refractivity contribution in [2.24, 2.45) is 0 Å². The smallest absolute Gasteiger partial charge is 0.349 e. The number of benzene rings is 1. The summed E-state index contributed by atoms with van der Waals surface area (Å²) in [6, 6.07) is 2.66. The Morgan fingerprint density at radius 1 is 1.04 bits per heavy atom. The molecule has 24 heavy (non-hydrogen) atoms. The van der Waals surface area contributed by atoms with Crippen LogP contribution in [0.1, 0.15) is 0 Å². The quantitative estimate of drug-likeness (QED) is 0.368. The van der Waals surface area contributed by atoms with Crippen LogP contribution in [0.4, 0.5) is 11.4 Å². The first-order valence-electron chi connectivity index (χ1n) is 6.66. The number of nitro groups is 2. The molecule has 1 saturated heterocycles. The molecule has 1 aliphatic heterocycles. The number of hydrogen-bond acceptors (Lipinski definition) is 10. The zero-order chi connectivity index (χ0) is 18.0. The monoisotopic (exact) mass is 346 g/mol. The predicted octanol–water partition coefficient (Wildman–Crippen LogP) is -1.32. The molecule has 12 heteroatoms. The Labute approximate surface area is 133 Å². The van der Waals surface area contributed by atoms with Gasteiger partial charge in [0.05, 0.1) is 22.5 Å². The average molecular weight is 346 g/mol. The van der Waals surface area contributed by atoms with Crippen LogP contribution >= 0.6 is 0 Å². The average Bonchev–Trinajstić information content (AvgIpc) is 2.55. The van der Waals surface area contributed by atoms with Crippen LogP contribution in [0.3, 0.4) is 0 Å². The van der Waals surface area contributed by atoms with Crippen molar-refractivity contribution >= 4 is 11.4 Å². The molecule has 0 saturated carbocycles. The highest BCUT2D eigenvalue weighted by molar-refractivity contribution is 5.55. The number of aliphatic hydroxyl groups excluding tert-OH is 4. The standard InChI is InChI=1S/C12H14N2O10/c15-4-8-9(16)10(17)11(18)12(24-8)23-5-1-2-6(13(19)20)7(3-5)14(21)22/h1-3,8-12,15-18H,4H2. The third kappa shape index (κ3) is 3.42. The Kier molecular flexibility index (Phi) is 5.26. The second-order valence-electron chi connectivity index (χ2n) is 4.98. The van der Waals surface area contributed by atoms with Crippen molar-refractivity contribution in [3.05, 3.63) is 38.4 Å². The molecule has 0 radical (unpaired) electrons. The van der Waals surface area contributed by atoms with Gasteiger partial charge in [0, 0.05) is 6.07 Å². The molecule has 0 spiro atoms. The summed E-state index contributed by atoms with van der Waals surface area (Å²) in [5, 5.41) is 59.8. The SMILES string of the molecule is O=[N+]([O-])c1ccc(OC2OC(CO)C(O)C(O)C2O)cc1[N+](=O)[O-]. The van der Waals surface area contributed by atoms with E-state index in [-0.39, 0.29) is 5.75 Å². The number of ether oxygens (including phenoxy) is 2. The molecule has 5 unspecified atom stereocenters. The number of nitrogens with zero attached hydrogens (tertiary/aromatic N) is 2. The van der Waals surface area contributed by atoms with E-state index in [2.05, 4.69) is 0 Å². The maximum absolute atomic E-state index is 10.9. The van der Waals surface area contributed by atoms with Gasteiger partial charge in [-0.3, -0.25) is 20.2 Å². The maximum atomic E-state index is 10.9. The topological polar surface area (TPSA) is 186 Å². The van der Waals surface area contributed by atoms with Crippen molar-refractivity contribution in [3.63, 3.8) is 0 Å². The van der Waals surface area contributed by atoms with E-state index in [9.17, 15) is 35.5 Å². The second kappa shape index (κ2) is 7.02. The lowest BCUT2D eigenvalue weighted by Crippen LogP contribution is -2.60. The molecule has 0 aliphatic carbocycles. The van der Waals surface area contributed by atoms with Crippen LogP contribution in [0.2, 0.25) is 0 Å². The highest BCUT2D eigenvalue weighted by Gasteiger charge is 2.44. The minimum Gasteiger partial charge on any atom is -0.462 e. The summed E-state index contributed by atoms with van der Waals surface area (Å²) >= 11 is 0. The number of nitro benzene ring substituents is 2. The van der Waals surface area contributed by atoms with Crippen molar-refractivity contribution in [1.82, 2.24) is 0 Å². The molecule has 5 atom stereocenters. The Hall–Kier alpha value is -2.38. The molecule has 4 N–H and O–H groups in total. The second-order valence-corrected chi connectivity index (χ2v) is 4.98. The first-order chi connectivity index (χ1) is 11.3. The van der Waals surface area contributed by atoms with Gasteiger partial charge >= 0.3 is 11.4 Å². The molecule has 1 heterocycles. The van der Waals surface area contributed by atoms with Gasteiger partial charge in [0.15, 0.2) is 0 Å². The maximum Gasteiger partial charge on any atom is 0.349 e. The van der Waals surface area contributed by atoms with E-state index >= 15 is 0 Å². The molecule has 1 aliphatic rings. The lowest BCUT2D eigenvalue weighted by molar-refractivity contribution is -0.422. The Balaban J connectivity index is 2.25. The zero-order valence-corrected chi connectivity index (χ0v) is 12.0. The van der Waals surface area contributed by atoms with E-state index in [0.717, 1.165) is 18.2 Å². The normalized spacial score (nSPS) is 29.9. The Morgan fingerprint density at radius 2 is 1.67 bits per heavy atom. The first-order valence-corrected chi connectivity index (χ1v) is 6.66. The fourth-order valence-corrected chi connectivity index (χ4v) is 2.18. The van der Waals surface area contributed by atoms with Crippen LogP contribution in [0, 0.1) is 20.2 Å². The summed E-state index contributed by atoms with van der Waals surface area (Å²) in [5.41, 5.74) is -1.58. The van der Waals surface area contributed by atoms with Crippen LogP contribution < -0.4 is 4.74 Å². The lowest BCUT2D eigenvalue weighted by Gasteiger charge is -2.39. The molecule has 0 bridgehead atoms. The minimum absolute atomic E-state index is 0.239. The fourth-order valence-electron chi connectivity index (χ4n) is 2.18. The first kappa shape index (κ1) is 18.0. The van der Waals surface area contributed by atoms with Crippen molar-refractivity contribution in [2.45, 2.75) is 30.7 Å². The number of aliphatic hydroxyl groups is 4. The van der Waals surface area contributed by atoms with Crippen LogP contribution in [0.25, 0.3) is 0 Å². The molecule has 132 valence electrons. The molecular formula is C12H14N2O10. The molecule has 0 amide bonds.